The van der Waals surface area contributed by atoms with E-state index in [0.29, 0.717) is 12.3 Å². The van der Waals surface area contributed by atoms with Gasteiger partial charge in [-0.2, -0.15) is 0 Å². The first-order valence-electron chi connectivity index (χ1n) is 7.76. The topological polar surface area (TPSA) is 80.3 Å². The summed E-state index contributed by atoms with van der Waals surface area (Å²) in [4.78, 5) is 28.3. The molecule has 1 aromatic carbocycles. The minimum absolute atomic E-state index is 0.0813. The van der Waals surface area contributed by atoms with Crippen LogP contribution < -0.4 is 15.4 Å². The van der Waals surface area contributed by atoms with Gasteiger partial charge in [-0.1, -0.05) is 38.1 Å². The van der Waals surface area contributed by atoms with E-state index in [1.165, 1.54) is 0 Å². The van der Waals surface area contributed by atoms with E-state index >= 15 is 0 Å². The van der Waals surface area contributed by atoms with Gasteiger partial charge in [-0.25, -0.2) is 4.79 Å². The van der Waals surface area contributed by atoms with Gasteiger partial charge in [0.15, 0.2) is 0 Å². The Morgan fingerprint density at radius 1 is 1.12 bits per heavy atom. The van der Waals surface area contributed by atoms with Crippen LogP contribution in [0.1, 0.15) is 19.4 Å². The first-order chi connectivity index (χ1) is 11.6. The maximum Gasteiger partial charge on any atom is 0.413 e. The Balaban J connectivity index is 1.90. The number of aromatic nitrogens is 1. The molecule has 2 aromatic rings. The van der Waals surface area contributed by atoms with Gasteiger partial charge < -0.3 is 15.4 Å². The summed E-state index contributed by atoms with van der Waals surface area (Å²) in [5.74, 6) is 0.0781. The van der Waals surface area contributed by atoms with Gasteiger partial charge in [-0.3, -0.25) is 9.78 Å². The van der Waals surface area contributed by atoms with Crippen molar-refractivity contribution in [1.82, 2.24) is 15.6 Å². The number of ether oxygens (including phenoxy) is 1. The molecule has 1 heterocycles. The standard InChI is InChI=1S/C18H21N3O3/c1-13(2)16(17(22)20-12-14-7-6-10-19-11-14)21-18(23)24-15-8-4-3-5-9-15/h3-11,13,16H,12H2,1-2H3,(H,20,22)(H,21,23)/t16-/m0/s1. The molecule has 2 rings (SSSR count). The van der Waals surface area contributed by atoms with Crippen molar-refractivity contribution in [3.05, 3.63) is 60.4 Å². The van der Waals surface area contributed by atoms with Gasteiger partial charge in [0.25, 0.3) is 0 Å². The Bertz CT molecular complexity index is 660. The SMILES string of the molecule is CC(C)[C@H](NC(=O)Oc1ccccc1)C(=O)NCc1cccnc1. The van der Waals surface area contributed by atoms with Crippen LogP contribution in [-0.4, -0.2) is 23.0 Å². The zero-order chi connectivity index (χ0) is 17.4. The number of hydrogen-bond acceptors (Lipinski definition) is 4. The third kappa shape index (κ3) is 5.39. The average molecular weight is 327 g/mol. The van der Waals surface area contributed by atoms with Crippen molar-refractivity contribution in [3.8, 4) is 5.75 Å². The van der Waals surface area contributed by atoms with E-state index in [2.05, 4.69) is 15.6 Å². The minimum Gasteiger partial charge on any atom is -0.410 e. The summed E-state index contributed by atoms with van der Waals surface area (Å²) in [5, 5.41) is 5.41. The van der Waals surface area contributed by atoms with Crippen LogP contribution in [0.15, 0.2) is 54.9 Å². The Hall–Kier alpha value is -2.89. The summed E-state index contributed by atoms with van der Waals surface area (Å²) in [6.45, 7) is 4.07. The Kier molecular flexibility index (Phi) is 6.31. The Morgan fingerprint density at radius 3 is 2.50 bits per heavy atom. The normalized spacial score (nSPS) is 11.6. The lowest BCUT2D eigenvalue weighted by Gasteiger charge is -2.21. The van der Waals surface area contributed by atoms with Crippen molar-refractivity contribution < 1.29 is 14.3 Å². The number of nitrogens with zero attached hydrogens (tertiary/aromatic N) is 1. The predicted octanol–water partition coefficient (Wildman–Crippen LogP) is 2.51. The van der Waals surface area contributed by atoms with Gasteiger partial charge in [0.1, 0.15) is 11.8 Å². The lowest BCUT2D eigenvalue weighted by atomic mass is 10.0. The maximum absolute atomic E-state index is 12.3. The molecule has 0 fully saturated rings. The molecule has 0 spiro atoms. The zero-order valence-electron chi connectivity index (χ0n) is 13.7. The zero-order valence-corrected chi connectivity index (χ0v) is 13.7. The van der Waals surface area contributed by atoms with Gasteiger partial charge in [0.2, 0.25) is 5.91 Å². The molecule has 2 amide bonds. The molecular weight excluding hydrogens is 306 g/mol. The molecule has 0 saturated carbocycles. The van der Waals surface area contributed by atoms with Crippen LogP contribution in [-0.2, 0) is 11.3 Å². The molecule has 0 aliphatic rings. The van der Waals surface area contributed by atoms with E-state index in [1.54, 1.807) is 42.7 Å². The molecule has 126 valence electrons. The second-order valence-electron chi connectivity index (χ2n) is 5.65. The third-order valence-corrected chi connectivity index (χ3v) is 3.37. The molecule has 0 aliphatic heterocycles. The molecular formula is C18H21N3O3. The number of para-hydroxylation sites is 1. The fraction of sp³-hybridized carbons (Fsp3) is 0.278. The summed E-state index contributed by atoms with van der Waals surface area (Å²) in [6, 6.07) is 11.7. The molecule has 0 saturated heterocycles. The second kappa shape index (κ2) is 8.67. The molecule has 6 nitrogen and oxygen atoms in total. The number of pyridine rings is 1. The molecule has 1 aromatic heterocycles. The molecule has 0 bridgehead atoms. The summed E-state index contributed by atoms with van der Waals surface area (Å²) >= 11 is 0. The van der Waals surface area contributed by atoms with Crippen LogP contribution in [0.2, 0.25) is 0 Å². The quantitative estimate of drug-likeness (QED) is 0.854. The van der Waals surface area contributed by atoms with Gasteiger partial charge in [0, 0.05) is 18.9 Å². The highest BCUT2D eigenvalue weighted by molar-refractivity contribution is 5.86. The van der Waals surface area contributed by atoms with Crippen molar-refractivity contribution in [2.75, 3.05) is 0 Å². The summed E-state index contributed by atoms with van der Waals surface area (Å²) < 4.78 is 5.17. The number of benzene rings is 1. The molecule has 6 heteroatoms. The fourth-order valence-corrected chi connectivity index (χ4v) is 2.09. The Morgan fingerprint density at radius 2 is 1.88 bits per heavy atom. The third-order valence-electron chi connectivity index (χ3n) is 3.37. The lowest BCUT2D eigenvalue weighted by molar-refractivity contribution is -0.124. The number of rotatable bonds is 6. The highest BCUT2D eigenvalue weighted by atomic mass is 16.6. The van der Waals surface area contributed by atoms with Crippen molar-refractivity contribution in [3.63, 3.8) is 0 Å². The predicted molar refractivity (Wildman–Crippen MR) is 90.3 cm³/mol. The van der Waals surface area contributed by atoms with Crippen molar-refractivity contribution in [2.45, 2.75) is 26.4 Å². The van der Waals surface area contributed by atoms with E-state index < -0.39 is 12.1 Å². The van der Waals surface area contributed by atoms with E-state index in [0.717, 1.165) is 5.56 Å². The minimum atomic E-state index is -0.683. The average Bonchev–Trinajstić information content (AvgIpc) is 2.59. The molecule has 0 unspecified atom stereocenters. The van der Waals surface area contributed by atoms with Crippen LogP contribution in [0.3, 0.4) is 0 Å². The molecule has 24 heavy (non-hydrogen) atoms. The van der Waals surface area contributed by atoms with Crippen LogP contribution in [0.4, 0.5) is 4.79 Å². The lowest BCUT2D eigenvalue weighted by Crippen LogP contribution is -2.50. The van der Waals surface area contributed by atoms with Crippen molar-refractivity contribution >= 4 is 12.0 Å². The van der Waals surface area contributed by atoms with E-state index in [-0.39, 0.29) is 11.8 Å². The van der Waals surface area contributed by atoms with Gasteiger partial charge >= 0.3 is 6.09 Å². The molecule has 0 aliphatic carbocycles. The number of carbonyl (C=O) groups is 2. The molecule has 0 radical (unpaired) electrons. The van der Waals surface area contributed by atoms with Gasteiger partial charge in [0.05, 0.1) is 0 Å². The van der Waals surface area contributed by atoms with E-state index in [4.69, 9.17) is 4.74 Å². The summed E-state index contributed by atoms with van der Waals surface area (Å²) in [7, 11) is 0. The smallest absolute Gasteiger partial charge is 0.410 e. The molecule has 1 atom stereocenters. The summed E-state index contributed by atoms with van der Waals surface area (Å²) in [6.07, 6.45) is 2.70. The highest BCUT2D eigenvalue weighted by Gasteiger charge is 2.24. The molecule has 2 N–H and O–H groups in total. The highest BCUT2D eigenvalue weighted by Crippen LogP contribution is 2.09. The van der Waals surface area contributed by atoms with Crippen LogP contribution in [0.25, 0.3) is 0 Å². The van der Waals surface area contributed by atoms with Crippen molar-refractivity contribution in [1.29, 1.82) is 0 Å². The second-order valence-corrected chi connectivity index (χ2v) is 5.65. The largest absolute Gasteiger partial charge is 0.413 e. The number of carbonyl (C=O) groups excluding carboxylic acids is 2. The van der Waals surface area contributed by atoms with Crippen molar-refractivity contribution in [2.24, 2.45) is 5.92 Å². The fourth-order valence-electron chi connectivity index (χ4n) is 2.09. The number of nitrogens with one attached hydrogen (secondary N) is 2. The monoisotopic (exact) mass is 327 g/mol. The first kappa shape index (κ1) is 17.5. The van der Waals surface area contributed by atoms with E-state index in [1.807, 2.05) is 26.0 Å². The Labute approximate surface area is 141 Å². The van der Waals surface area contributed by atoms with E-state index in [9.17, 15) is 9.59 Å². The van der Waals surface area contributed by atoms with Crippen LogP contribution in [0, 0.1) is 5.92 Å². The number of amides is 2. The van der Waals surface area contributed by atoms with Gasteiger partial charge in [-0.05, 0) is 29.7 Å². The number of hydrogen-bond donors (Lipinski definition) is 2. The van der Waals surface area contributed by atoms with Crippen LogP contribution >= 0.6 is 0 Å². The van der Waals surface area contributed by atoms with Crippen LogP contribution in [0.5, 0.6) is 5.75 Å². The first-order valence-corrected chi connectivity index (χ1v) is 7.76. The summed E-state index contributed by atoms with van der Waals surface area (Å²) in [5.41, 5.74) is 0.889. The maximum atomic E-state index is 12.3. The van der Waals surface area contributed by atoms with Gasteiger partial charge in [-0.15, -0.1) is 0 Å².